The molecule has 2 aromatic heterocycles. The van der Waals surface area contributed by atoms with Crippen LogP contribution in [0.3, 0.4) is 0 Å². The van der Waals surface area contributed by atoms with E-state index in [1.165, 1.54) is 0 Å². The fourth-order valence-electron chi connectivity index (χ4n) is 2.83. The number of carbonyl (C=O) groups is 1. The third kappa shape index (κ3) is 3.01. The van der Waals surface area contributed by atoms with Gasteiger partial charge in [0.2, 0.25) is 0 Å². The van der Waals surface area contributed by atoms with E-state index < -0.39 is 11.7 Å². The number of pyridine rings is 1. The van der Waals surface area contributed by atoms with Gasteiger partial charge in [0.15, 0.2) is 0 Å². The number of aromatic nitrogens is 3. The molecule has 3 rings (SSSR count). The molecule has 1 amide bonds. The molecule has 0 aliphatic heterocycles. The van der Waals surface area contributed by atoms with Gasteiger partial charge >= 0.3 is 11.8 Å². The fraction of sp³-hybridized carbons (Fsp3) is 0.533. The zero-order valence-electron chi connectivity index (χ0n) is 13.4. The average Bonchev–Trinajstić information content (AvgIpc) is 2.69. The van der Waals surface area contributed by atoms with E-state index in [0.717, 1.165) is 5.52 Å². The van der Waals surface area contributed by atoms with Gasteiger partial charge in [-0.15, -0.1) is 0 Å². The van der Waals surface area contributed by atoms with Gasteiger partial charge in [0.05, 0.1) is 5.52 Å². The topological polar surface area (TPSA) is 115 Å². The van der Waals surface area contributed by atoms with Crippen LogP contribution in [0.15, 0.2) is 17.1 Å². The van der Waals surface area contributed by atoms with Crippen molar-refractivity contribution >= 4 is 22.9 Å². The van der Waals surface area contributed by atoms with Crippen molar-refractivity contribution in [3.8, 4) is 0 Å². The van der Waals surface area contributed by atoms with Gasteiger partial charge in [-0.05, 0) is 39.7 Å². The molecule has 124 valence electrons. The number of H-pyrrole nitrogens is 1. The summed E-state index contributed by atoms with van der Waals surface area (Å²) in [5, 5.41) is 2.82. The number of imidazole rings is 1. The smallest absolute Gasteiger partial charge is 0.407 e. The third-order valence-corrected chi connectivity index (χ3v) is 3.87. The highest BCUT2D eigenvalue weighted by atomic mass is 16.6. The summed E-state index contributed by atoms with van der Waals surface area (Å²) in [6.45, 7) is 5.46. The number of carbonyl (C=O) groups excluding carboxylic acids is 1. The standard InChI is InChI=1S/C15H21N5O3/c1-15(2,3)23-14(22)18-8-6-9(7-8)20-10-4-5-17-12(16)11(10)19-13(20)21/h4-5,8-9H,6-7H2,1-3H3,(H2,16,17)(H,18,22)(H,19,21). The molecule has 0 unspecified atom stereocenters. The van der Waals surface area contributed by atoms with Crippen molar-refractivity contribution in [3.63, 3.8) is 0 Å². The van der Waals surface area contributed by atoms with Crippen molar-refractivity contribution in [1.29, 1.82) is 0 Å². The second-order valence-electron chi connectivity index (χ2n) is 6.86. The number of rotatable bonds is 2. The van der Waals surface area contributed by atoms with Crippen LogP contribution in [0.1, 0.15) is 39.7 Å². The molecule has 0 spiro atoms. The van der Waals surface area contributed by atoms with E-state index in [0.29, 0.717) is 24.2 Å². The monoisotopic (exact) mass is 319 g/mol. The molecule has 0 bridgehead atoms. The van der Waals surface area contributed by atoms with Gasteiger partial charge in [0.25, 0.3) is 0 Å². The number of alkyl carbamates (subject to hydrolysis) is 1. The van der Waals surface area contributed by atoms with Gasteiger partial charge in [-0.25, -0.2) is 14.6 Å². The van der Waals surface area contributed by atoms with Gasteiger partial charge in [-0.3, -0.25) is 4.57 Å². The second kappa shape index (κ2) is 5.29. The number of fused-ring (bicyclic) bond motifs is 1. The number of hydrogen-bond donors (Lipinski definition) is 3. The summed E-state index contributed by atoms with van der Waals surface area (Å²) in [5.41, 5.74) is 6.35. The van der Waals surface area contributed by atoms with Gasteiger partial charge in [-0.1, -0.05) is 0 Å². The Morgan fingerprint density at radius 3 is 2.83 bits per heavy atom. The van der Waals surface area contributed by atoms with E-state index in [-0.39, 0.29) is 17.8 Å². The molecule has 2 heterocycles. The predicted molar refractivity (Wildman–Crippen MR) is 86.2 cm³/mol. The predicted octanol–water partition coefficient (Wildman–Crippen LogP) is 1.54. The summed E-state index contributed by atoms with van der Waals surface area (Å²) >= 11 is 0. The molecule has 1 aliphatic rings. The van der Waals surface area contributed by atoms with E-state index >= 15 is 0 Å². The van der Waals surface area contributed by atoms with Crippen LogP contribution in [0, 0.1) is 0 Å². The van der Waals surface area contributed by atoms with Crippen LogP contribution in [0.2, 0.25) is 0 Å². The summed E-state index contributed by atoms with van der Waals surface area (Å²) in [4.78, 5) is 30.6. The molecule has 1 saturated carbocycles. The number of hydrogen-bond acceptors (Lipinski definition) is 5. The lowest BCUT2D eigenvalue weighted by Gasteiger charge is -2.36. The van der Waals surface area contributed by atoms with E-state index in [4.69, 9.17) is 10.5 Å². The molecule has 8 heteroatoms. The van der Waals surface area contributed by atoms with Gasteiger partial charge in [0, 0.05) is 18.3 Å². The Morgan fingerprint density at radius 1 is 1.48 bits per heavy atom. The van der Waals surface area contributed by atoms with Crippen molar-refractivity contribution in [1.82, 2.24) is 19.9 Å². The van der Waals surface area contributed by atoms with Crippen molar-refractivity contribution < 1.29 is 9.53 Å². The lowest BCUT2D eigenvalue weighted by Crippen LogP contribution is -2.48. The fourth-order valence-corrected chi connectivity index (χ4v) is 2.83. The molecule has 8 nitrogen and oxygen atoms in total. The van der Waals surface area contributed by atoms with Crippen LogP contribution >= 0.6 is 0 Å². The maximum atomic E-state index is 12.2. The van der Waals surface area contributed by atoms with E-state index in [9.17, 15) is 9.59 Å². The summed E-state index contributed by atoms with van der Waals surface area (Å²) in [6.07, 6.45) is 2.50. The minimum atomic E-state index is -0.522. The first kappa shape index (κ1) is 15.4. The van der Waals surface area contributed by atoms with Crippen LogP contribution in [0.4, 0.5) is 10.6 Å². The molecule has 4 N–H and O–H groups in total. The third-order valence-electron chi connectivity index (χ3n) is 3.87. The largest absolute Gasteiger partial charge is 0.444 e. The highest BCUT2D eigenvalue weighted by Crippen LogP contribution is 2.33. The summed E-state index contributed by atoms with van der Waals surface area (Å²) in [7, 11) is 0. The Labute approximate surface area is 133 Å². The Kier molecular flexibility index (Phi) is 3.54. The maximum Gasteiger partial charge on any atom is 0.407 e. The van der Waals surface area contributed by atoms with Crippen LogP contribution in [-0.2, 0) is 4.74 Å². The molecule has 0 radical (unpaired) electrons. The van der Waals surface area contributed by atoms with Gasteiger partial charge < -0.3 is 20.8 Å². The molecular weight excluding hydrogens is 298 g/mol. The van der Waals surface area contributed by atoms with Crippen molar-refractivity contribution in [2.45, 2.75) is 51.3 Å². The van der Waals surface area contributed by atoms with Crippen molar-refractivity contribution in [2.24, 2.45) is 0 Å². The molecule has 0 saturated heterocycles. The van der Waals surface area contributed by atoms with Crippen LogP contribution < -0.4 is 16.7 Å². The first-order chi connectivity index (χ1) is 10.7. The number of nitrogen functional groups attached to an aromatic ring is 1. The van der Waals surface area contributed by atoms with Crippen molar-refractivity contribution in [2.75, 3.05) is 5.73 Å². The Balaban J connectivity index is 1.69. The Bertz CT molecular complexity index is 796. The number of nitrogens with one attached hydrogen (secondary N) is 2. The Hall–Kier alpha value is -2.51. The molecule has 23 heavy (non-hydrogen) atoms. The van der Waals surface area contributed by atoms with Gasteiger partial charge in [0.1, 0.15) is 16.9 Å². The SMILES string of the molecule is CC(C)(C)OC(=O)NC1CC(n2c(=O)[nH]c3c(N)nccc32)C1. The number of ether oxygens (including phenoxy) is 1. The first-order valence-corrected chi connectivity index (χ1v) is 7.59. The van der Waals surface area contributed by atoms with E-state index in [1.807, 2.05) is 20.8 Å². The van der Waals surface area contributed by atoms with Crippen LogP contribution in [0.5, 0.6) is 0 Å². The normalized spacial score (nSPS) is 21.0. The molecule has 0 aromatic carbocycles. The molecule has 0 atom stereocenters. The second-order valence-corrected chi connectivity index (χ2v) is 6.86. The van der Waals surface area contributed by atoms with Crippen LogP contribution in [0.25, 0.3) is 11.0 Å². The first-order valence-electron chi connectivity index (χ1n) is 7.59. The highest BCUT2D eigenvalue weighted by Gasteiger charge is 2.34. The summed E-state index contributed by atoms with van der Waals surface area (Å²) in [6, 6.07) is 1.79. The zero-order chi connectivity index (χ0) is 16.8. The number of aromatic amines is 1. The number of anilines is 1. The number of amides is 1. The molecule has 1 fully saturated rings. The summed E-state index contributed by atoms with van der Waals surface area (Å²) in [5.74, 6) is 0.307. The minimum absolute atomic E-state index is 0.00545. The lowest BCUT2D eigenvalue weighted by molar-refractivity contribution is 0.0457. The van der Waals surface area contributed by atoms with Crippen LogP contribution in [-0.4, -0.2) is 32.3 Å². The molecule has 1 aliphatic carbocycles. The zero-order valence-corrected chi connectivity index (χ0v) is 13.4. The lowest BCUT2D eigenvalue weighted by atomic mass is 9.86. The molecule has 2 aromatic rings. The highest BCUT2D eigenvalue weighted by molar-refractivity contribution is 5.84. The Morgan fingerprint density at radius 2 is 2.17 bits per heavy atom. The van der Waals surface area contributed by atoms with Crippen molar-refractivity contribution in [3.05, 3.63) is 22.7 Å². The number of nitrogens with two attached hydrogens (primary N) is 1. The molecular formula is C15H21N5O3. The van der Waals surface area contributed by atoms with E-state index in [2.05, 4.69) is 15.3 Å². The summed E-state index contributed by atoms with van der Waals surface area (Å²) < 4.78 is 6.91. The number of nitrogens with zero attached hydrogens (tertiary/aromatic N) is 2. The maximum absolute atomic E-state index is 12.2. The minimum Gasteiger partial charge on any atom is -0.444 e. The van der Waals surface area contributed by atoms with Gasteiger partial charge in [-0.2, -0.15) is 0 Å². The quantitative estimate of drug-likeness (QED) is 0.776. The van der Waals surface area contributed by atoms with E-state index in [1.54, 1.807) is 16.8 Å². The average molecular weight is 319 g/mol.